The van der Waals surface area contributed by atoms with Gasteiger partial charge >= 0.3 is 0 Å². The summed E-state index contributed by atoms with van der Waals surface area (Å²) in [5.41, 5.74) is 3.09. The summed E-state index contributed by atoms with van der Waals surface area (Å²) >= 11 is 0. The fourth-order valence-electron chi connectivity index (χ4n) is 2.22. The standard InChI is InChI=1S/C16H21N3O3/c1-11-4-5-12(2)14(10-11)19-15(20)7-6-13(18-19)16(21)17-8-9-22-3/h4-5,10H,6-9H2,1-3H3,(H,17,21). The first kappa shape index (κ1) is 16.2. The Kier molecular flexibility index (Phi) is 5.27. The monoisotopic (exact) mass is 303 g/mol. The maximum atomic E-state index is 12.2. The highest BCUT2D eigenvalue weighted by molar-refractivity contribution is 6.40. The molecule has 0 spiro atoms. The highest BCUT2D eigenvalue weighted by atomic mass is 16.5. The molecule has 1 N–H and O–H groups in total. The van der Waals surface area contributed by atoms with Crippen LogP contribution < -0.4 is 10.3 Å². The second kappa shape index (κ2) is 7.17. The number of aryl methyl sites for hydroxylation is 2. The third kappa shape index (κ3) is 3.71. The molecule has 2 rings (SSSR count). The molecule has 1 aliphatic rings. The van der Waals surface area contributed by atoms with E-state index in [0.717, 1.165) is 16.8 Å². The summed E-state index contributed by atoms with van der Waals surface area (Å²) in [7, 11) is 1.57. The lowest BCUT2D eigenvalue weighted by atomic mass is 10.1. The second-order valence-corrected chi connectivity index (χ2v) is 5.29. The fraction of sp³-hybridized carbons (Fsp3) is 0.438. The van der Waals surface area contributed by atoms with E-state index in [-0.39, 0.29) is 18.2 Å². The minimum atomic E-state index is -0.250. The highest BCUT2D eigenvalue weighted by Crippen LogP contribution is 2.25. The van der Waals surface area contributed by atoms with Gasteiger partial charge in [-0.3, -0.25) is 9.59 Å². The van der Waals surface area contributed by atoms with Crippen LogP contribution in [0.25, 0.3) is 0 Å². The van der Waals surface area contributed by atoms with Gasteiger partial charge in [0, 0.05) is 26.5 Å². The highest BCUT2D eigenvalue weighted by Gasteiger charge is 2.26. The van der Waals surface area contributed by atoms with Crippen molar-refractivity contribution in [1.82, 2.24) is 5.32 Å². The summed E-state index contributed by atoms with van der Waals surface area (Å²) in [4.78, 5) is 24.2. The Labute approximate surface area is 130 Å². The van der Waals surface area contributed by atoms with Crippen molar-refractivity contribution in [2.75, 3.05) is 25.3 Å². The van der Waals surface area contributed by atoms with Crippen LogP contribution in [0.15, 0.2) is 23.3 Å². The number of hydrogen-bond acceptors (Lipinski definition) is 4. The lowest BCUT2D eigenvalue weighted by Crippen LogP contribution is -2.40. The molecule has 22 heavy (non-hydrogen) atoms. The van der Waals surface area contributed by atoms with Gasteiger partial charge in [-0.2, -0.15) is 5.10 Å². The van der Waals surface area contributed by atoms with Crippen molar-refractivity contribution in [3.05, 3.63) is 29.3 Å². The summed E-state index contributed by atoms with van der Waals surface area (Å²) in [6, 6.07) is 5.83. The molecule has 118 valence electrons. The lowest BCUT2D eigenvalue weighted by molar-refractivity contribution is -0.119. The van der Waals surface area contributed by atoms with Crippen molar-refractivity contribution in [1.29, 1.82) is 0 Å². The fourth-order valence-corrected chi connectivity index (χ4v) is 2.22. The lowest BCUT2D eigenvalue weighted by Gasteiger charge is -2.24. The molecule has 0 aromatic heterocycles. The van der Waals surface area contributed by atoms with Crippen LogP contribution >= 0.6 is 0 Å². The number of ether oxygens (including phenoxy) is 1. The van der Waals surface area contributed by atoms with Crippen LogP contribution in [0.1, 0.15) is 24.0 Å². The van der Waals surface area contributed by atoms with Crippen molar-refractivity contribution < 1.29 is 14.3 Å². The van der Waals surface area contributed by atoms with E-state index < -0.39 is 0 Å². The zero-order chi connectivity index (χ0) is 16.1. The summed E-state index contributed by atoms with van der Waals surface area (Å²) in [6.07, 6.45) is 0.642. The van der Waals surface area contributed by atoms with Gasteiger partial charge in [0.1, 0.15) is 5.71 Å². The molecule has 0 radical (unpaired) electrons. The third-order valence-electron chi connectivity index (χ3n) is 3.48. The van der Waals surface area contributed by atoms with E-state index in [4.69, 9.17) is 4.74 Å². The van der Waals surface area contributed by atoms with Crippen LogP contribution in [-0.2, 0) is 14.3 Å². The molecule has 6 heteroatoms. The molecule has 0 aliphatic carbocycles. The van der Waals surface area contributed by atoms with E-state index in [0.29, 0.717) is 25.3 Å². The number of amides is 2. The first-order valence-electron chi connectivity index (χ1n) is 7.27. The Morgan fingerprint density at radius 2 is 2.14 bits per heavy atom. The molecule has 1 aliphatic heterocycles. The minimum absolute atomic E-state index is 0.0952. The van der Waals surface area contributed by atoms with E-state index in [1.807, 2.05) is 32.0 Å². The average Bonchev–Trinajstić information content (AvgIpc) is 2.50. The van der Waals surface area contributed by atoms with Gasteiger partial charge in [-0.05, 0) is 31.0 Å². The average molecular weight is 303 g/mol. The minimum Gasteiger partial charge on any atom is -0.383 e. The predicted molar refractivity (Wildman–Crippen MR) is 85.0 cm³/mol. The molecule has 0 saturated carbocycles. The molecule has 1 aromatic rings. The zero-order valence-corrected chi connectivity index (χ0v) is 13.2. The van der Waals surface area contributed by atoms with Crippen LogP contribution in [0.3, 0.4) is 0 Å². The quantitative estimate of drug-likeness (QED) is 0.839. The number of hydrogen-bond donors (Lipinski definition) is 1. The molecular formula is C16H21N3O3. The van der Waals surface area contributed by atoms with Crippen molar-refractivity contribution in [2.24, 2.45) is 5.10 Å². The number of carbonyl (C=O) groups is 2. The van der Waals surface area contributed by atoms with Gasteiger partial charge in [0.05, 0.1) is 12.3 Å². The van der Waals surface area contributed by atoms with Crippen molar-refractivity contribution >= 4 is 23.2 Å². The van der Waals surface area contributed by atoms with Gasteiger partial charge in [-0.15, -0.1) is 0 Å². The Balaban J connectivity index is 2.22. The summed E-state index contributed by atoms with van der Waals surface area (Å²) in [5.74, 6) is -0.345. The number of nitrogens with zero attached hydrogens (tertiary/aromatic N) is 2. The van der Waals surface area contributed by atoms with Crippen molar-refractivity contribution in [2.45, 2.75) is 26.7 Å². The molecule has 2 amide bonds. The summed E-state index contributed by atoms with van der Waals surface area (Å²) in [6.45, 7) is 4.74. The maximum absolute atomic E-state index is 12.2. The zero-order valence-electron chi connectivity index (χ0n) is 13.2. The van der Waals surface area contributed by atoms with E-state index in [1.165, 1.54) is 5.01 Å². The molecule has 1 aromatic carbocycles. The predicted octanol–water partition coefficient (Wildman–Crippen LogP) is 1.55. The molecule has 0 atom stereocenters. The largest absolute Gasteiger partial charge is 0.383 e. The van der Waals surface area contributed by atoms with E-state index >= 15 is 0 Å². The van der Waals surface area contributed by atoms with Crippen molar-refractivity contribution in [3.63, 3.8) is 0 Å². The molecule has 0 saturated heterocycles. The van der Waals surface area contributed by atoms with Gasteiger partial charge in [0.25, 0.3) is 5.91 Å². The molecule has 0 bridgehead atoms. The van der Waals surface area contributed by atoms with E-state index in [9.17, 15) is 9.59 Å². The van der Waals surface area contributed by atoms with E-state index in [1.54, 1.807) is 7.11 Å². The van der Waals surface area contributed by atoms with Gasteiger partial charge < -0.3 is 10.1 Å². The number of benzene rings is 1. The number of nitrogens with one attached hydrogen (secondary N) is 1. The Morgan fingerprint density at radius 3 is 2.86 bits per heavy atom. The molecule has 0 unspecified atom stereocenters. The normalized spacial score (nSPS) is 14.8. The van der Waals surface area contributed by atoms with Gasteiger partial charge in [-0.1, -0.05) is 12.1 Å². The Bertz CT molecular complexity index is 611. The molecule has 0 fully saturated rings. The topological polar surface area (TPSA) is 71.0 Å². The number of rotatable bonds is 5. The van der Waals surface area contributed by atoms with Crippen LogP contribution in [0.5, 0.6) is 0 Å². The second-order valence-electron chi connectivity index (χ2n) is 5.29. The number of anilines is 1. The van der Waals surface area contributed by atoms with Gasteiger partial charge in [-0.25, -0.2) is 5.01 Å². The van der Waals surface area contributed by atoms with E-state index in [2.05, 4.69) is 10.4 Å². The Morgan fingerprint density at radius 1 is 1.36 bits per heavy atom. The molecule has 6 nitrogen and oxygen atoms in total. The van der Waals surface area contributed by atoms with Gasteiger partial charge in [0.2, 0.25) is 5.91 Å². The smallest absolute Gasteiger partial charge is 0.267 e. The molecule has 1 heterocycles. The first-order valence-corrected chi connectivity index (χ1v) is 7.27. The van der Waals surface area contributed by atoms with Crippen molar-refractivity contribution in [3.8, 4) is 0 Å². The van der Waals surface area contributed by atoms with Crippen LogP contribution in [0.4, 0.5) is 5.69 Å². The Hall–Kier alpha value is -2.21. The van der Waals surface area contributed by atoms with Crippen LogP contribution in [0.2, 0.25) is 0 Å². The summed E-state index contributed by atoms with van der Waals surface area (Å²) < 4.78 is 4.90. The maximum Gasteiger partial charge on any atom is 0.267 e. The first-order chi connectivity index (χ1) is 10.5. The van der Waals surface area contributed by atoms with Crippen LogP contribution in [0, 0.1) is 13.8 Å². The molecular weight excluding hydrogens is 282 g/mol. The third-order valence-corrected chi connectivity index (χ3v) is 3.48. The number of carbonyl (C=O) groups excluding carboxylic acids is 2. The number of methoxy groups -OCH3 is 1. The van der Waals surface area contributed by atoms with Gasteiger partial charge in [0.15, 0.2) is 0 Å². The number of hydrazone groups is 1. The SMILES string of the molecule is COCCNC(=O)C1=NN(c2cc(C)ccc2C)C(=O)CC1. The van der Waals surface area contributed by atoms with Crippen LogP contribution in [-0.4, -0.2) is 37.8 Å². The summed E-state index contributed by atoms with van der Waals surface area (Å²) in [5, 5.41) is 8.34.